The smallest absolute Gasteiger partial charge is 0.248 e. The molecule has 4 heteroatoms. The van der Waals surface area contributed by atoms with E-state index in [9.17, 15) is 4.79 Å². The van der Waals surface area contributed by atoms with Crippen molar-refractivity contribution in [2.75, 3.05) is 0 Å². The summed E-state index contributed by atoms with van der Waals surface area (Å²) in [6.07, 6.45) is 0.849. The number of nitrogens with two attached hydrogens (primary N) is 2. The van der Waals surface area contributed by atoms with E-state index in [1.165, 1.54) is 11.1 Å². The van der Waals surface area contributed by atoms with Crippen molar-refractivity contribution in [2.45, 2.75) is 13.0 Å². The molecule has 0 unspecified atom stereocenters. The molecule has 1 amide bonds. The van der Waals surface area contributed by atoms with Crippen molar-refractivity contribution < 1.29 is 9.53 Å². The number of primary amides is 1. The number of carbonyl (C=O) groups is 1. The lowest BCUT2D eigenvalue weighted by Gasteiger charge is -2.12. The van der Waals surface area contributed by atoms with Crippen LogP contribution in [0.3, 0.4) is 0 Å². The molecule has 0 radical (unpaired) electrons. The number of amides is 1. The number of hydrogen-bond donors (Lipinski definition) is 2. The highest BCUT2D eigenvalue weighted by Crippen LogP contribution is 2.27. The molecule has 3 rings (SSSR count). The maximum Gasteiger partial charge on any atom is 0.248 e. The van der Waals surface area contributed by atoms with Crippen LogP contribution in [0.15, 0.2) is 72.8 Å². The van der Waals surface area contributed by atoms with Crippen molar-refractivity contribution in [2.24, 2.45) is 11.5 Å². The average molecular weight is 332 g/mol. The molecular formula is C21H20N2O2. The van der Waals surface area contributed by atoms with E-state index in [-0.39, 0.29) is 0 Å². The fraction of sp³-hybridized carbons (Fsp3) is 0.0952. The van der Waals surface area contributed by atoms with E-state index in [2.05, 4.69) is 18.2 Å². The Morgan fingerprint density at radius 1 is 0.880 bits per heavy atom. The lowest BCUT2D eigenvalue weighted by molar-refractivity contribution is 0.100. The van der Waals surface area contributed by atoms with Crippen LogP contribution in [0, 0.1) is 0 Å². The number of carbonyl (C=O) groups excluding carboxylic acids is 1. The Hall–Kier alpha value is -3.11. The van der Waals surface area contributed by atoms with Gasteiger partial charge in [-0.3, -0.25) is 4.79 Å². The maximum atomic E-state index is 11.1. The zero-order valence-electron chi connectivity index (χ0n) is 13.8. The number of benzene rings is 3. The van der Waals surface area contributed by atoms with Crippen LogP contribution < -0.4 is 16.2 Å². The second-order valence-electron chi connectivity index (χ2n) is 5.80. The summed E-state index contributed by atoms with van der Waals surface area (Å²) in [5.74, 6) is 0.890. The summed E-state index contributed by atoms with van der Waals surface area (Å²) < 4.78 is 5.91. The fourth-order valence-corrected chi connectivity index (χ4v) is 2.65. The molecular weight excluding hydrogens is 312 g/mol. The summed E-state index contributed by atoms with van der Waals surface area (Å²) in [6, 6.07) is 23.1. The van der Waals surface area contributed by atoms with Gasteiger partial charge in [0.1, 0.15) is 11.5 Å². The summed E-state index contributed by atoms with van der Waals surface area (Å²) in [5, 5.41) is 0. The molecule has 0 bridgehead atoms. The van der Waals surface area contributed by atoms with Crippen LogP contribution in [-0.4, -0.2) is 5.91 Å². The van der Waals surface area contributed by atoms with Gasteiger partial charge in [0.05, 0.1) is 0 Å². The quantitative estimate of drug-likeness (QED) is 0.723. The Labute approximate surface area is 147 Å². The predicted octanol–water partition coefficient (Wildman–Crippen LogP) is 3.63. The first-order valence-electron chi connectivity index (χ1n) is 8.09. The fourth-order valence-electron chi connectivity index (χ4n) is 2.65. The van der Waals surface area contributed by atoms with Gasteiger partial charge in [-0.15, -0.1) is 0 Å². The second-order valence-corrected chi connectivity index (χ2v) is 5.80. The van der Waals surface area contributed by atoms with Gasteiger partial charge in [-0.05, 0) is 47.9 Å². The Morgan fingerprint density at radius 2 is 1.60 bits per heavy atom. The molecule has 0 aliphatic carbocycles. The SMILES string of the molecule is NCc1cc(Cc2ccccc2)ccc1Oc1ccc(C(N)=O)cc1. The van der Waals surface area contributed by atoms with Crippen LogP contribution in [0.25, 0.3) is 0 Å². The zero-order chi connectivity index (χ0) is 17.6. The Balaban J connectivity index is 1.78. The maximum absolute atomic E-state index is 11.1. The molecule has 3 aromatic carbocycles. The van der Waals surface area contributed by atoms with Gasteiger partial charge in [-0.1, -0.05) is 42.5 Å². The topological polar surface area (TPSA) is 78.3 Å². The normalized spacial score (nSPS) is 10.4. The molecule has 4 N–H and O–H groups in total. The van der Waals surface area contributed by atoms with Gasteiger partial charge in [0, 0.05) is 17.7 Å². The highest BCUT2D eigenvalue weighted by atomic mass is 16.5. The Morgan fingerprint density at radius 3 is 2.24 bits per heavy atom. The molecule has 25 heavy (non-hydrogen) atoms. The zero-order valence-corrected chi connectivity index (χ0v) is 13.8. The van der Waals surface area contributed by atoms with Gasteiger partial charge in [-0.25, -0.2) is 0 Å². The minimum atomic E-state index is -0.459. The van der Waals surface area contributed by atoms with Gasteiger partial charge >= 0.3 is 0 Å². The van der Waals surface area contributed by atoms with E-state index in [1.807, 2.05) is 30.3 Å². The molecule has 0 fully saturated rings. The van der Waals surface area contributed by atoms with Gasteiger partial charge < -0.3 is 16.2 Å². The molecule has 0 aromatic heterocycles. The Kier molecular flexibility index (Phi) is 5.11. The minimum Gasteiger partial charge on any atom is -0.457 e. The number of ether oxygens (including phenoxy) is 1. The van der Waals surface area contributed by atoms with Crippen LogP contribution in [-0.2, 0) is 13.0 Å². The molecule has 0 heterocycles. The van der Waals surface area contributed by atoms with Gasteiger partial charge in [0.25, 0.3) is 0 Å². The van der Waals surface area contributed by atoms with Crippen molar-refractivity contribution in [1.82, 2.24) is 0 Å². The van der Waals surface area contributed by atoms with Gasteiger partial charge in [-0.2, -0.15) is 0 Å². The third-order valence-electron chi connectivity index (χ3n) is 3.96. The summed E-state index contributed by atoms with van der Waals surface area (Å²) >= 11 is 0. The van der Waals surface area contributed by atoms with E-state index in [4.69, 9.17) is 16.2 Å². The van der Waals surface area contributed by atoms with Crippen molar-refractivity contribution in [3.05, 3.63) is 95.1 Å². The molecule has 0 atom stereocenters. The third kappa shape index (κ3) is 4.25. The highest BCUT2D eigenvalue weighted by Gasteiger charge is 2.07. The second kappa shape index (κ2) is 7.64. The Bertz CT molecular complexity index is 859. The van der Waals surface area contributed by atoms with Crippen LogP contribution in [0.4, 0.5) is 0 Å². The first-order valence-corrected chi connectivity index (χ1v) is 8.09. The van der Waals surface area contributed by atoms with E-state index >= 15 is 0 Å². The summed E-state index contributed by atoms with van der Waals surface area (Å²) in [5.41, 5.74) is 15.0. The predicted molar refractivity (Wildman–Crippen MR) is 98.6 cm³/mol. The first kappa shape index (κ1) is 16.7. The largest absolute Gasteiger partial charge is 0.457 e. The van der Waals surface area contributed by atoms with Gasteiger partial charge in [0.15, 0.2) is 0 Å². The molecule has 0 aliphatic heterocycles. The van der Waals surface area contributed by atoms with Crippen LogP contribution in [0.2, 0.25) is 0 Å². The summed E-state index contributed by atoms with van der Waals surface area (Å²) in [6.45, 7) is 0.386. The highest BCUT2D eigenvalue weighted by molar-refractivity contribution is 5.92. The molecule has 126 valence electrons. The lowest BCUT2D eigenvalue weighted by atomic mass is 10.0. The standard InChI is InChI=1S/C21H20N2O2/c22-14-18-13-16(12-15-4-2-1-3-5-15)6-11-20(18)25-19-9-7-17(8-10-19)21(23)24/h1-11,13H,12,14,22H2,(H2,23,24). The molecule has 0 aliphatic rings. The van der Waals surface area contributed by atoms with Crippen LogP contribution in [0.5, 0.6) is 11.5 Å². The lowest BCUT2D eigenvalue weighted by Crippen LogP contribution is -2.10. The van der Waals surface area contributed by atoms with E-state index < -0.39 is 5.91 Å². The summed E-state index contributed by atoms with van der Waals surface area (Å²) in [4.78, 5) is 11.1. The molecule has 3 aromatic rings. The number of rotatable bonds is 6. The molecule has 0 spiro atoms. The van der Waals surface area contributed by atoms with E-state index in [0.717, 1.165) is 12.0 Å². The third-order valence-corrected chi connectivity index (χ3v) is 3.96. The van der Waals surface area contributed by atoms with Crippen molar-refractivity contribution in [3.63, 3.8) is 0 Å². The van der Waals surface area contributed by atoms with Crippen LogP contribution in [0.1, 0.15) is 27.0 Å². The van der Waals surface area contributed by atoms with Crippen LogP contribution >= 0.6 is 0 Å². The minimum absolute atomic E-state index is 0.386. The molecule has 4 nitrogen and oxygen atoms in total. The number of hydrogen-bond acceptors (Lipinski definition) is 3. The average Bonchev–Trinajstić information content (AvgIpc) is 2.64. The van der Waals surface area contributed by atoms with Crippen molar-refractivity contribution in [1.29, 1.82) is 0 Å². The van der Waals surface area contributed by atoms with Crippen molar-refractivity contribution >= 4 is 5.91 Å². The van der Waals surface area contributed by atoms with Crippen molar-refractivity contribution in [3.8, 4) is 11.5 Å². The monoisotopic (exact) mass is 332 g/mol. The van der Waals surface area contributed by atoms with Gasteiger partial charge in [0.2, 0.25) is 5.91 Å². The van der Waals surface area contributed by atoms with E-state index in [0.29, 0.717) is 23.6 Å². The first-order chi connectivity index (χ1) is 12.2. The summed E-state index contributed by atoms with van der Waals surface area (Å²) in [7, 11) is 0. The molecule has 0 saturated heterocycles. The van der Waals surface area contributed by atoms with E-state index in [1.54, 1.807) is 24.3 Å². The molecule has 0 saturated carbocycles.